The lowest BCUT2D eigenvalue weighted by atomic mass is 10.0. The van der Waals surface area contributed by atoms with E-state index in [9.17, 15) is 8.42 Å². The molecule has 1 unspecified atom stereocenters. The van der Waals surface area contributed by atoms with Gasteiger partial charge in [0, 0.05) is 30.6 Å². The van der Waals surface area contributed by atoms with Crippen LogP contribution in [0, 0.1) is 4.84 Å². The van der Waals surface area contributed by atoms with Crippen LogP contribution >= 0.6 is 12.2 Å². The molecule has 10 heteroatoms. The maximum atomic E-state index is 13.0. The summed E-state index contributed by atoms with van der Waals surface area (Å²) in [4.78, 5) is 1.85. The average molecular weight is 474 g/mol. The first-order valence-corrected chi connectivity index (χ1v) is 12.5. The minimum Gasteiger partial charge on any atom is -0.409 e. The van der Waals surface area contributed by atoms with Crippen LogP contribution in [-0.4, -0.2) is 55.4 Å². The SMILES string of the molecule is O=S(=O)(c1cccc(-c2nn(C[NH+]3CCc4ccccc4C3)c(=S)o2)c1)N1CCOCC1. The van der Waals surface area contributed by atoms with Crippen molar-refractivity contribution >= 4 is 22.2 Å². The molecule has 1 aromatic heterocycles. The van der Waals surface area contributed by atoms with Crippen LogP contribution in [0.2, 0.25) is 0 Å². The van der Waals surface area contributed by atoms with Gasteiger partial charge >= 0.3 is 0 Å². The number of nitrogens with zero attached hydrogens (tertiary/aromatic N) is 3. The van der Waals surface area contributed by atoms with Gasteiger partial charge in [0.15, 0.2) is 6.67 Å². The van der Waals surface area contributed by atoms with E-state index >= 15 is 0 Å². The molecule has 0 saturated carbocycles. The summed E-state index contributed by atoms with van der Waals surface area (Å²) in [5.41, 5.74) is 3.34. The van der Waals surface area contributed by atoms with Crippen molar-refractivity contribution in [1.82, 2.24) is 14.1 Å². The van der Waals surface area contributed by atoms with E-state index in [-0.39, 0.29) is 9.73 Å². The van der Waals surface area contributed by atoms with Crippen LogP contribution in [0.3, 0.4) is 0 Å². The third-order valence-corrected chi connectivity index (χ3v) is 8.16. The number of benzene rings is 2. The molecule has 3 aromatic rings. The number of ether oxygens (including phenoxy) is 1. The van der Waals surface area contributed by atoms with Gasteiger partial charge in [0.1, 0.15) is 6.54 Å². The Balaban J connectivity index is 1.36. The molecule has 32 heavy (non-hydrogen) atoms. The quantitative estimate of drug-likeness (QED) is 0.566. The second-order valence-electron chi connectivity index (χ2n) is 8.07. The monoisotopic (exact) mass is 473 g/mol. The summed E-state index contributed by atoms with van der Waals surface area (Å²) >= 11 is 5.41. The average Bonchev–Trinajstić information content (AvgIpc) is 3.20. The Bertz CT molecular complexity index is 1280. The topological polar surface area (TPSA) is 82.0 Å². The van der Waals surface area contributed by atoms with E-state index in [2.05, 4.69) is 29.4 Å². The number of sulfonamides is 1. The van der Waals surface area contributed by atoms with Gasteiger partial charge in [-0.3, -0.25) is 0 Å². The minimum atomic E-state index is -3.60. The number of aromatic nitrogens is 2. The number of quaternary nitrogens is 1. The lowest BCUT2D eigenvalue weighted by molar-refractivity contribution is -0.939. The highest BCUT2D eigenvalue weighted by Gasteiger charge is 2.27. The predicted molar refractivity (Wildman–Crippen MR) is 120 cm³/mol. The summed E-state index contributed by atoms with van der Waals surface area (Å²) < 4.78 is 40.2. The first-order chi connectivity index (χ1) is 15.5. The van der Waals surface area contributed by atoms with Crippen LogP contribution in [0.15, 0.2) is 57.8 Å². The number of hydrogen-bond donors (Lipinski definition) is 1. The van der Waals surface area contributed by atoms with Crippen molar-refractivity contribution in [3.05, 3.63) is 64.5 Å². The summed E-state index contributed by atoms with van der Waals surface area (Å²) in [5, 5.41) is 4.56. The van der Waals surface area contributed by atoms with Crippen LogP contribution in [0.1, 0.15) is 11.1 Å². The molecule has 3 heterocycles. The van der Waals surface area contributed by atoms with Gasteiger partial charge in [0.2, 0.25) is 15.9 Å². The van der Waals surface area contributed by atoms with Crippen molar-refractivity contribution in [2.45, 2.75) is 24.5 Å². The molecule has 1 fully saturated rings. The minimum absolute atomic E-state index is 0.214. The maximum Gasteiger partial charge on any atom is 0.292 e. The van der Waals surface area contributed by atoms with Crippen molar-refractivity contribution in [2.24, 2.45) is 0 Å². The molecule has 1 saturated heterocycles. The fourth-order valence-electron chi connectivity index (χ4n) is 4.24. The van der Waals surface area contributed by atoms with E-state index < -0.39 is 10.0 Å². The molecular formula is C22H25N4O4S2+. The zero-order valence-corrected chi connectivity index (χ0v) is 19.2. The molecule has 2 aliphatic heterocycles. The molecule has 0 spiro atoms. The van der Waals surface area contributed by atoms with Gasteiger partial charge in [-0.05, 0) is 36.0 Å². The Morgan fingerprint density at radius 1 is 1.06 bits per heavy atom. The van der Waals surface area contributed by atoms with E-state index in [0.29, 0.717) is 44.4 Å². The Morgan fingerprint density at radius 2 is 1.84 bits per heavy atom. The second kappa shape index (κ2) is 8.87. The first-order valence-electron chi connectivity index (χ1n) is 10.7. The molecule has 2 aliphatic rings. The lowest BCUT2D eigenvalue weighted by Crippen LogP contribution is -3.11. The third-order valence-electron chi connectivity index (χ3n) is 5.98. The fourth-order valence-corrected chi connectivity index (χ4v) is 5.88. The van der Waals surface area contributed by atoms with E-state index in [4.69, 9.17) is 21.4 Å². The number of rotatable bonds is 5. The van der Waals surface area contributed by atoms with Gasteiger partial charge in [0.25, 0.3) is 4.84 Å². The van der Waals surface area contributed by atoms with Crippen molar-refractivity contribution in [3.8, 4) is 11.5 Å². The van der Waals surface area contributed by atoms with Gasteiger partial charge in [-0.15, -0.1) is 5.10 Å². The Labute approximate surface area is 192 Å². The zero-order valence-electron chi connectivity index (χ0n) is 17.6. The second-order valence-corrected chi connectivity index (χ2v) is 10.4. The zero-order chi connectivity index (χ0) is 22.1. The standard InChI is InChI=1S/C22H24N4O4S2/c27-32(28,25-10-12-29-13-11-25)20-7-3-6-18(14-20)21-23-26(22(31)30-21)16-24-9-8-17-4-1-2-5-19(17)15-24/h1-7,14H,8-13,15-16H2/p+1. The van der Waals surface area contributed by atoms with Crippen molar-refractivity contribution in [2.75, 3.05) is 32.8 Å². The number of fused-ring (bicyclic) bond motifs is 1. The summed E-state index contributed by atoms with van der Waals surface area (Å²) in [7, 11) is -3.60. The molecule has 0 aliphatic carbocycles. The van der Waals surface area contributed by atoms with Gasteiger partial charge in [-0.2, -0.15) is 8.99 Å². The van der Waals surface area contributed by atoms with Crippen molar-refractivity contribution < 1.29 is 22.5 Å². The Kier molecular flexibility index (Phi) is 5.95. The first kappa shape index (κ1) is 21.5. The van der Waals surface area contributed by atoms with Gasteiger partial charge < -0.3 is 14.1 Å². The lowest BCUT2D eigenvalue weighted by Gasteiger charge is -2.26. The highest BCUT2D eigenvalue weighted by molar-refractivity contribution is 7.89. The van der Waals surface area contributed by atoms with Crippen molar-refractivity contribution in [3.63, 3.8) is 0 Å². The smallest absolute Gasteiger partial charge is 0.292 e. The van der Waals surface area contributed by atoms with Crippen LogP contribution in [0.5, 0.6) is 0 Å². The molecule has 1 atom stereocenters. The molecule has 2 aromatic carbocycles. The number of morpholine rings is 1. The molecule has 0 radical (unpaired) electrons. The maximum absolute atomic E-state index is 13.0. The number of nitrogens with one attached hydrogen (secondary N) is 1. The predicted octanol–water partition coefficient (Wildman–Crippen LogP) is 1.49. The number of hydrogen-bond acceptors (Lipinski definition) is 6. The van der Waals surface area contributed by atoms with Gasteiger partial charge in [-0.25, -0.2) is 8.42 Å². The Morgan fingerprint density at radius 3 is 2.66 bits per heavy atom. The third kappa shape index (κ3) is 4.28. The van der Waals surface area contributed by atoms with Gasteiger partial charge in [0.05, 0.1) is 24.7 Å². The van der Waals surface area contributed by atoms with E-state index in [1.54, 1.807) is 28.9 Å². The van der Waals surface area contributed by atoms with Crippen molar-refractivity contribution in [1.29, 1.82) is 0 Å². The van der Waals surface area contributed by atoms with Crippen LogP contribution in [0.25, 0.3) is 11.5 Å². The van der Waals surface area contributed by atoms with Crippen LogP contribution in [0.4, 0.5) is 0 Å². The van der Waals surface area contributed by atoms with Gasteiger partial charge in [-0.1, -0.05) is 30.3 Å². The molecular weight excluding hydrogens is 448 g/mol. The molecule has 5 rings (SSSR count). The molecule has 168 valence electrons. The Hall–Kier alpha value is -2.37. The largest absolute Gasteiger partial charge is 0.409 e. The molecule has 8 nitrogen and oxygen atoms in total. The summed E-state index contributed by atoms with van der Waals surface area (Å²) in [6.45, 7) is 4.01. The summed E-state index contributed by atoms with van der Waals surface area (Å²) in [6.07, 6.45) is 1.02. The highest BCUT2D eigenvalue weighted by Crippen LogP contribution is 2.24. The van der Waals surface area contributed by atoms with Crippen LogP contribution in [-0.2, 0) is 34.4 Å². The molecule has 0 bridgehead atoms. The molecule has 1 N–H and O–H groups in total. The van der Waals surface area contributed by atoms with E-state index in [1.165, 1.54) is 20.3 Å². The highest BCUT2D eigenvalue weighted by atomic mass is 32.2. The van der Waals surface area contributed by atoms with E-state index in [0.717, 1.165) is 19.5 Å². The van der Waals surface area contributed by atoms with Crippen LogP contribution < -0.4 is 4.90 Å². The summed E-state index contributed by atoms with van der Waals surface area (Å²) in [6, 6.07) is 15.2. The normalized spacial score (nSPS) is 19.6. The summed E-state index contributed by atoms with van der Waals surface area (Å²) in [5.74, 6) is 0.325. The molecule has 0 amide bonds. The fraction of sp³-hybridized carbons (Fsp3) is 0.364. The van der Waals surface area contributed by atoms with E-state index in [1.807, 2.05) is 0 Å².